The molecule has 0 unspecified atom stereocenters. The van der Waals surface area contributed by atoms with Gasteiger partial charge in [0.2, 0.25) is 21.7 Å². The molecule has 9 nitrogen and oxygen atoms in total. The van der Waals surface area contributed by atoms with E-state index >= 15 is 0 Å². The fourth-order valence-electron chi connectivity index (χ4n) is 4.60. The van der Waals surface area contributed by atoms with Gasteiger partial charge in [0.15, 0.2) is 0 Å². The second-order valence-corrected chi connectivity index (χ2v) is 11.0. The Kier molecular flexibility index (Phi) is 6.68. The Hall–Kier alpha value is -3.08. The lowest BCUT2D eigenvalue weighted by Gasteiger charge is -2.34. The van der Waals surface area contributed by atoms with E-state index in [-0.39, 0.29) is 10.8 Å². The van der Waals surface area contributed by atoms with Gasteiger partial charge in [-0.1, -0.05) is 35.5 Å². The molecule has 0 aliphatic carbocycles. The van der Waals surface area contributed by atoms with Crippen molar-refractivity contribution in [3.05, 3.63) is 65.5 Å². The summed E-state index contributed by atoms with van der Waals surface area (Å²) in [6.07, 6.45) is 1.75. The molecule has 0 spiro atoms. The van der Waals surface area contributed by atoms with E-state index in [9.17, 15) is 13.2 Å². The third kappa shape index (κ3) is 5.00. The van der Waals surface area contributed by atoms with Crippen LogP contribution in [0.4, 0.5) is 0 Å². The molecule has 2 aliphatic heterocycles. The van der Waals surface area contributed by atoms with Crippen molar-refractivity contribution < 1.29 is 17.7 Å². The Bertz CT molecular complexity index is 1310. The Morgan fingerprint density at radius 1 is 0.971 bits per heavy atom. The molecule has 3 aromatic rings. The maximum absolute atomic E-state index is 13.1. The molecule has 35 heavy (non-hydrogen) atoms. The number of sulfonamides is 1. The predicted octanol–water partition coefficient (Wildman–Crippen LogP) is 2.79. The summed E-state index contributed by atoms with van der Waals surface area (Å²) < 4.78 is 32.7. The first kappa shape index (κ1) is 23.7. The highest BCUT2D eigenvalue weighted by atomic mass is 32.2. The van der Waals surface area contributed by atoms with Crippen LogP contribution in [0.3, 0.4) is 0 Å². The van der Waals surface area contributed by atoms with E-state index in [1.807, 2.05) is 31.2 Å². The van der Waals surface area contributed by atoms with Crippen molar-refractivity contribution in [2.24, 2.45) is 0 Å². The monoisotopic (exact) mass is 495 g/mol. The first-order valence-corrected chi connectivity index (χ1v) is 13.4. The summed E-state index contributed by atoms with van der Waals surface area (Å²) in [5, 5.41) is 4.12. The van der Waals surface area contributed by atoms with Crippen LogP contribution in [0, 0.1) is 6.92 Å². The van der Waals surface area contributed by atoms with Gasteiger partial charge in [0, 0.05) is 50.4 Å². The van der Waals surface area contributed by atoms with Crippen molar-refractivity contribution in [2.75, 3.05) is 39.3 Å². The zero-order valence-corrected chi connectivity index (χ0v) is 20.6. The quantitative estimate of drug-likeness (QED) is 0.518. The van der Waals surface area contributed by atoms with Gasteiger partial charge in [0.25, 0.3) is 5.91 Å². The smallest absolute Gasteiger partial charge is 0.253 e. The standard InChI is InChI=1S/C25H29N5O4S/c1-19-7-2-3-10-22(19)24-26-23(34-27-24)18-28-13-15-29(16-14-28)25(31)20-8-6-9-21(17-20)35(32,33)30-11-4-5-12-30/h2-3,6-10,17H,4-5,11-16,18H2,1H3. The predicted molar refractivity (Wildman–Crippen MR) is 130 cm³/mol. The lowest BCUT2D eigenvalue weighted by atomic mass is 10.1. The topological polar surface area (TPSA) is 99.8 Å². The third-order valence-electron chi connectivity index (χ3n) is 6.66. The Balaban J connectivity index is 1.20. The molecular weight excluding hydrogens is 466 g/mol. The van der Waals surface area contributed by atoms with Crippen molar-refractivity contribution in [3.8, 4) is 11.4 Å². The van der Waals surface area contributed by atoms with E-state index in [2.05, 4.69) is 15.0 Å². The number of aryl methyl sites for hydroxylation is 1. The van der Waals surface area contributed by atoms with Crippen molar-refractivity contribution in [1.82, 2.24) is 24.2 Å². The van der Waals surface area contributed by atoms with Crippen LogP contribution < -0.4 is 0 Å². The van der Waals surface area contributed by atoms with Gasteiger partial charge in [-0.05, 0) is 43.5 Å². The summed E-state index contributed by atoms with van der Waals surface area (Å²) in [5.74, 6) is 0.973. The summed E-state index contributed by atoms with van der Waals surface area (Å²) >= 11 is 0. The van der Waals surface area contributed by atoms with Crippen molar-refractivity contribution >= 4 is 15.9 Å². The molecule has 1 aromatic heterocycles. The largest absolute Gasteiger partial charge is 0.338 e. The number of carbonyl (C=O) groups excluding carboxylic acids is 1. The highest BCUT2D eigenvalue weighted by molar-refractivity contribution is 7.89. The Labute approximate surface area is 205 Å². The minimum atomic E-state index is -3.56. The zero-order valence-electron chi connectivity index (χ0n) is 19.8. The summed E-state index contributed by atoms with van der Waals surface area (Å²) in [7, 11) is -3.56. The fraction of sp³-hybridized carbons (Fsp3) is 0.400. The van der Waals surface area contributed by atoms with Gasteiger partial charge >= 0.3 is 0 Å². The molecule has 184 valence electrons. The van der Waals surface area contributed by atoms with E-state index < -0.39 is 10.0 Å². The molecule has 2 fully saturated rings. The van der Waals surface area contributed by atoms with E-state index in [0.717, 1.165) is 24.0 Å². The average molecular weight is 496 g/mol. The van der Waals surface area contributed by atoms with Gasteiger partial charge in [-0.2, -0.15) is 9.29 Å². The van der Waals surface area contributed by atoms with E-state index in [1.165, 1.54) is 10.4 Å². The molecule has 5 rings (SSSR count). The number of carbonyl (C=O) groups is 1. The molecule has 2 aliphatic rings. The summed E-state index contributed by atoms with van der Waals surface area (Å²) in [6.45, 7) is 6.02. The molecule has 0 bridgehead atoms. The van der Waals surface area contributed by atoms with Crippen LogP contribution in [0.2, 0.25) is 0 Å². The number of benzene rings is 2. The van der Waals surface area contributed by atoms with Gasteiger partial charge in [-0.25, -0.2) is 8.42 Å². The van der Waals surface area contributed by atoms with Crippen LogP contribution in [0.25, 0.3) is 11.4 Å². The van der Waals surface area contributed by atoms with Crippen LogP contribution in [-0.2, 0) is 16.6 Å². The molecular formula is C25H29N5O4S. The van der Waals surface area contributed by atoms with E-state index in [1.54, 1.807) is 23.1 Å². The van der Waals surface area contributed by atoms with E-state index in [0.29, 0.717) is 63.1 Å². The fourth-order valence-corrected chi connectivity index (χ4v) is 6.17. The molecule has 2 saturated heterocycles. The SMILES string of the molecule is Cc1ccccc1-c1noc(CN2CCN(C(=O)c3cccc(S(=O)(=O)N4CCCC4)c3)CC2)n1. The summed E-state index contributed by atoms with van der Waals surface area (Å²) in [6, 6.07) is 14.3. The first-order chi connectivity index (χ1) is 16.9. The van der Waals surface area contributed by atoms with Crippen LogP contribution in [0.15, 0.2) is 57.9 Å². The lowest BCUT2D eigenvalue weighted by Crippen LogP contribution is -2.48. The second kappa shape index (κ2) is 9.88. The van der Waals surface area contributed by atoms with Gasteiger partial charge in [0.05, 0.1) is 11.4 Å². The zero-order chi connectivity index (χ0) is 24.4. The normalized spacial score (nSPS) is 17.7. The Morgan fingerprint density at radius 2 is 1.71 bits per heavy atom. The second-order valence-electron chi connectivity index (χ2n) is 9.03. The molecule has 0 atom stereocenters. The Morgan fingerprint density at radius 3 is 2.46 bits per heavy atom. The van der Waals surface area contributed by atoms with Crippen molar-refractivity contribution in [3.63, 3.8) is 0 Å². The molecule has 10 heteroatoms. The number of hydrogen-bond acceptors (Lipinski definition) is 7. The minimum Gasteiger partial charge on any atom is -0.338 e. The first-order valence-electron chi connectivity index (χ1n) is 11.9. The van der Waals surface area contributed by atoms with Gasteiger partial charge < -0.3 is 9.42 Å². The number of hydrogen-bond donors (Lipinski definition) is 0. The van der Waals surface area contributed by atoms with Crippen LogP contribution >= 0.6 is 0 Å². The highest BCUT2D eigenvalue weighted by Gasteiger charge is 2.29. The van der Waals surface area contributed by atoms with Crippen LogP contribution in [-0.4, -0.2) is 77.8 Å². The maximum atomic E-state index is 13.1. The van der Waals surface area contributed by atoms with Crippen molar-refractivity contribution in [2.45, 2.75) is 31.2 Å². The molecule has 0 radical (unpaired) electrons. The number of amides is 1. The third-order valence-corrected chi connectivity index (χ3v) is 8.55. The molecule has 0 saturated carbocycles. The molecule has 1 amide bonds. The summed E-state index contributed by atoms with van der Waals surface area (Å²) in [4.78, 5) is 21.8. The average Bonchev–Trinajstić information content (AvgIpc) is 3.58. The summed E-state index contributed by atoms with van der Waals surface area (Å²) in [5.41, 5.74) is 2.44. The maximum Gasteiger partial charge on any atom is 0.253 e. The molecule has 0 N–H and O–H groups in total. The number of rotatable bonds is 6. The van der Waals surface area contributed by atoms with Crippen LogP contribution in [0.1, 0.15) is 34.7 Å². The van der Waals surface area contributed by atoms with Gasteiger partial charge in [-0.15, -0.1) is 0 Å². The number of piperazine rings is 1. The minimum absolute atomic E-state index is 0.150. The molecule has 2 aromatic carbocycles. The molecule has 3 heterocycles. The van der Waals surface area contributed by atoms with Crippen LogP contribution in [0.5, 0.6) is 0 Å². The number of aromatic nitrogens is 2. The lowest BCUT2D eigenvalue weighted by molar-refractivity contribution is 0.0615. The van der Waals surface area contributed by atoms with Gasteiger partial charge in [0.1, 0.15) is 0 Å². The highest BCUT2D eigenvalue weighted by Crippen LogP contribution is 2.23. The number of nitrogens with zero attached hydrogens (tertiary/aromatic N) is 5. The van der Waals surface area contributed by atoms with Gasteiger partial charge in [-0.3, -0.25) is 9.69 Å². The van der Waals surface area contributed by atoms with E-state index in [4.69, 9.17) is 4.52 Å². The van der Waals surface area contributed by atoms with Crippen molar-refractivity contribution in [1.29, 1.82) is 0 Å².